The van der Waals surface area contributed by atoms with Gasteiger partial charge in [0.25, 0.3) is 0 Å². The van der Waals surface area contributed by atoms with E-state index in [1.807, 2.05) is 12.2 Å². The van der Waals surface area contributed by atoms with Crippen molar-refractivity contribution in [2.45, 2.75) is 50.7 Å². The Kier molecular flexibility index (Phi) is 3.71. The summed E-state index contributed by atoms with van der Waals surface area (Å²) in [4.78, 5) is 24.5. The lowest BCUT2D eigenvalue weighted by Gasteiger charge is -2.43. The molecule has 3 fully saturated rings. The number of nitrogens with one attached hydrogen (secondary N) is 1. The number of hydrogen-bond acceptors (Lipinski definition) is 3. The van der Waals surface area contributed by atoms with Crippen LogP contribution in [0.3, 0.4) is 0 Å². The van der Waals surface area contributed by atoms with Crippen LogP contribution in [-0.2, 0) is 9.59 Å². The molecule has 23 heavy (non-hydrogen) atoms. The van der Waals surface area contributed by atoms with Crippen LogP contribution in [0.4, 0.5) is 0 Å². The monoisotopic (exact) mass is 319 g/mol. The number of rotatable bonds is 3. The number of hydrogen-bond donors (Lipinski definition) is 3. The first-order valence-electron chi connectivity index (χ1n) is 8.94. The van der Waals surface area contributed by atoms with Gasteiger partial charge in [-0.15, -0.1) is 0 Å². The van der Waals surface area contributed by atoms with Crippen LogP contribution in [-0.4, -0.2) is 34.2 Å². The number of carboxylic acid groups (broad SMARTS) is 1. The summed E-state index contributed by atoms with van der Waals surface area (Å²) in [5, 5.41) is 22.8. The molecule has 5 aliphatic rings. The Labute approximate surface area is 136 Å². The van der Waals surface area contributed by atoms with E-state index in [2.05, 4.69) is 5.32 Å². The molecule has 3 N–H and O–H groups in total. The van der Waals surface area contributed by atoms with E-state index < -0.39 is 17.8 Å². The summed E-state index contributed by atoms with van der Waals surface area (Å²) < 4.78 is 0. The highest BCUT2D eigenvalue weighted by atomic mass is 16.4. The molecule has 0 aromatic heterocycles. The van der Waals surface area contributed by atoms with Crippen molar-refractivity contribution in [3.8, 4) is 0 Å². The van der Waals surface area contributed by atoms with Gasteiger partial charge in [-0.05, 0) is 62.2 Å². The standard InChI is InChI=1S/C18H25NO4/c20-16-11-5-6-12(16)8-13(7-11)19-17(21)14-9-1-3-10(4-2-9)15(14)18(22)23/h1,3,9-16,20H,2,4-8H2,(H,19,21)(H,22,23)/t9?,10?,11-,12+,13?,14-,15+,16?/m0/s1. The van der Waals surface area contributed by atoms with E-state index in [-0.39, 0.29) is 29.9 Å². The van der Waals surface area contributed by atoms with Crippen LogP contribution in [0.25, 0.3) is 0 Å². The fourth-order valence-electron chi connectivity index (χ4n) is 5.60. The molecular weight excluding hydrogens is 294 g/mol. The summed E-state index contributed by atoms with van der Waals surface area (Å²) in [6, 6.07) is 0.0993. The molecule has 4 bridgehead atoms. The first kappa shape index (κ1) is 15.2. The van der Waals surface area contributed by atoms with Crippen molar-refractivity contribution in [2.24, 2.45) is 35.5 Å². The molecule has 5 aliphatic carbocycles. The van der Waals surface area contributed by atoms with Crippen LogP contribution in [0.15, 0.2) is 12.2 Å². The molecular formula is C18H25NO4. The quantitative estimate of drug-likeness (QED) is 0.689. The van der Waals surface area contributed by atoms with Gasteiger partial charge in [-0.2, -0.15) is 0 Å². The minimum absolute atomic E-state index is 0.00221. The molecule has 0 aliphatic heterocycles. The van der Waals surface area contributed by atoms with Crippen LogP contribution in [0.2, 0.25) is 0 Å². The Morgan fingerprint density at radius 2 is 1.48 bits per heavy atom. The molecule has 126 valence electrons. The molecule has 0 aromatic rings. The highest BCUT2D eigenvalue weighted by molar-refractivity contribution is 5.86. The van der Waals surface area contributed by atoms with Gasteiger partial charge in [0, 0.05) is 6.04 Å². The minimum atomic E-state index is -0.844. The molecule has 3 saturated carbocycles. The second-order valence-electron chi connectivity index (χ2n) is 7.94. The van der Waals surface area contributed by atoms with E-state index in [0.29, 0.717) is 11.8 Å². The molecule has 0 radical (unpaired) electrons. The Hall–Kier alpha value is -1.36. The smallest absolute Gasteiger partial charge is 0.307 e. The highest BCUT2D eigenvalue weighted by Crippen LogP contribution is 2.46. The van der Waals surface area contributed by atoms with Gasteiger partial charge in [-0.25, -0.2) is 0 Å². The Morgan fingerprint density at radius 1 is 0.913 bits per heavy atom. The number of carboxylic acids is 1. The van der Waals surface area contributed by atoms with Crippen molar-refractivity contribution in [2.75, 3.05) is 0 Å². The van der Waals surface area contributed by atoms with Crippen molar-refractivity contribution >= 4 is 11.9 Å². The highest BCUT2D eigenvalue weighted by Gasteiger charge is 2.49. The van der Waals surface area contributed by atoms with E-state index >= 15 is 0 Å². The fraction of sp³-hybridized carbons (Fsp3) is 0.778. The number of aliphatic carboxylic acids is 1. The van der Waals surface area contributed by atoms with Crippen LogP contribution >= 0.6 is 0 Å². The molecule has 1 amide bonds. The molecule has 4 unspecified atom stereocenters. The molecule has 0 spiro atoms. The third-order valence-electron chi connectivity index (χ3n) is 6.73. The zero-order chi connectivity index (χ0) is 16.1. The Morgan fingerprint density at radius 3 is 2.00 bits per heavy atom. The van der Waals surface area contributed by atoms with E-state index in [4.69, 9.17) is 0 Å². The average Bonchev–Trinajstić information content (AvgIpc) is 2.76. The number of aliphatic hydroxyl groups is 1. The summed E-state index contributed by atoms with van der Waals surface area (Å²) in [6.45, 7) is 0. The summed E-state index contributed by atoms with van der Waals surface area (Å²) in [5.74, 6) is -1.27. The van der Waals surface area contributed by atoms with Crippen LogP contribution in [0.5, 0.6) is 0 Å². The first-order chi connectivity index (χ1) is 11.0. The second kappa shape index (κ2) is 5.62. The largest absolute Gasteiger partial charge is 0.481 e. The summed E-state index contributed by atoms with van der Waals surface area (Å²) in [5.41, 5.74) is 0. The van der Waals surface area contributed by atoms with Crippen molar-refractivity contribution < 1.29 is 19.8 Å². The van der Waals surface area contributed by atoms with Crippen LogP contribution in [0, 0.1) is 35.5 Å². The Balaban J connectivity index is 1.46. The molecule has 8 atom stereocenters. The Bertz CT molecular complexity index is 531. The van der Waals surface area contributed by atoms with E-state index in [9.17, 15) is 19.8 Å². The van der Waals surface area contributed by atoms with Crippen LogP contribution < -0.4 is 5.32 Å². The predicted molar refractivity (Wildman–Crippen MR) is 83.4 cm³/mol. The van der Waals surface area contributed by atoms with Gasteiger partial charge in [-0.3, -0.25) is 9.59 Å². The number of aliphatic hydroxyl groups excluding tert-OH is 1. The lowest BCUT2D eigenvalue weighted by Crippen LogP contribution is -2.52. The van der Waals surface area contributed by atoms with Crippen molar-refractivity contribution in [3.63, 3.8) is 0 Å². The topological polar surface area (TPSA) is 86.6 Å². The van der Waals surface area contributed by atoms with E-state index in [0.717, 1.165) is 38.5 Å². The summed E-state index contributed by atoms with van der Waals surface area (Å²) in [6.07, 6.45) is 9.39. The first-order valence-corrected chi connectivity index (χ1v) is 8.94. The van der Waals surface area contributed by atoms with Crippen molar-refractivity contribution in [1.82, 2.24) is 5.32 Å². The lowest BCUT2D eigenvalue weighted by molar-refractivity contribution is -0.153. The zero-order valence-electron chi connectivity index (χ0n) is 13.2. The fourth-order valence-corrected chi connectivity index (χ4v) is 5.60. The zero-order valence-corrected chi connectivity index (χ0v) is 13.2. The van der Waals surface area contributed by atoms with E-state index in [1.165, 1.54) is 0 Å². The van der Waals surface area contributed by atoms with Gasteiger partial charge in [-0.1, -0.05) is 12.2 Å². The van der Waals surface area contributed by atoms with Gasteiger partial charge in [0.05, 0.1) is 17.9 Å². The third kappa shape index (κ3) is 2.49. The summed E-state index contributed by atoms with van der Waals surface area (Å²) in [7, 11) is 0. The minimum Gasteiger partial charge on any atom is -0.481 e. The normalized spacial score (nSPS) is 47.5. The maximum atomic E-state index is 12.8. The van der Waals surface area contributed by atoms with Crippen molar-refractivity contribution in [1.29, 1.82) is 0 Å². The molecule has 0 saturated heterocycles. The predicted octanol–water partition coefficient (Wildman–Crippen LogP) is 1.57. The number of carbonyl (C=O) groups is 2. The van der Waals surface area contributed by atoms with Gasteiger partial charge in [0.2, 0.25) is 5.91 Å². The second-order valence-corrected chi connectivity index (χ2v) is 7.94. The van der Waals surface area contributed by atoms with E-state index in [1.54, 1.807) is 0 Å². The summed E-state index contributed by atoms with van der Waals surface area (Å²) >= 11 is 0. The maximum Gasteiger partial charge on any atom is 0.307 e. The van der Waals surface area contributed by atoms with Gasteiger partial charge < -0.3 is 15.5 Å². The molecule has 0 heterocycles. The number of fused-ring (bicyclic) bond motifs is 4. The molecule has 5 heteroatoms. The van der Waals surface area contributed by atoms with Crippen molar-refractivity contribution in [3.05, 3.63) is 12.2 Å². The maximum absolute atomic E-state index is 12.8. The third-order valence-corrected chi connectivity index (χ3v) is 6.73. The lowest BCUT2D eigenvalue weighted by atomic mass is 9.62. The number of amides is 1. The molecule has 5 nitrogen and oxygen atoms in total. The molecule has 5 rings (SSSR count). The van der Waals surface area contributed by atoms with Gasteiger partial charge in [0.15, 0.2) is 0 Å². The van der Waals surface area contributed by atoms with Gasteiger partial charge in [0.1, 0.15) is 0 Å². The number of allylic oxidation sites excluding steroid dienone is 2. The number of carbonyl (C=O) groups excluding carboxylic acids is 1. The average molecular weight is 319 g/mol. The van der Waals surface area contributed by atoms with Gasteiger partial charge >= 0.3 is 5.97 Å². The SMILES string of the molecule is O=C(O)[C@@H]1C2C=CC(CC2)[C@@H]1C(=O)NC1C[C@H]2CC[C@@H](C1)C2O. The van der Waals surface area contributed by atoms with Crippen LogP contribution in [0.1, 0.15) is 38.5 Å². The molecule has 0 aromatic carbocycles.